The summed E-state index contributed by atoms with van der Waals surface area (Å²) in [5.74, 6) is -0.478. The second-order valence-corrected chi connectivity index (χ2v) is 6.33. The molecule has 2 aromatic heterocycles. The second-order valence-electron chi connectivity index (χ2n) is 6.33. The Morgan fingerprint density at radius 2 is 1.93 bits per heavy atom. The second kappa shape index (κ2) is 7.03. The molecule has 4 rings (SSSR count). The number of fused-ring (bicyclic) bond motifs is 2. The monoisotopic (exact) mass is 364 g/mol. The number of carbonyl (C=O) groups is 1. The van der Waals surface area contributed by atoms with Crippen molar-refractivity contribution < 1.29 is 9.18 Å². The largest absolute Gasteiger partial charge is 0.361 e. The van der Waals surface area contributed by atoms with Gasteiger partial charge in [0.25, 0.3) is 5.56 Å². The maximum atomic E-state index is 13.4. The summed E-state index contributed by atoms with van der Waals surface area (Å²) in [4.78, 5) is 27.2. The third-order valence-corrected chi connectivity index (χ3v) is 4.55. The number of halogens is 1. The minimum Gasteiger partial charge on any atom is -0.361 e. The van der Waals surface area contributed by atoms with E-state index >= 15 is 0 Å². The molecule has 0 aliphatic rings. The van der Waals surface area contributed by atoms with E-state index in [1.807, 2.05) is 6.20 Å². The van der Waals surface area contributed by atoms with E-state index in [0.717, 1.165) is 16.5 Å². The number of nitrogens with one attached hydrogen (secondary N) is 3. The zero-order chi connectivity index (χ0) is 18.8. The molecule has 0 unspecified atom stereocenters. The van der Waals surface area contributed by atoms with Gasteiger partial charge in [0.1, 0.15) is 5.82 Å². The van der Waals surface area contributed by atoms with E-state index in [4.69, 9.17) is 0 Å². The van der Waals surface area contributed by atoms with E-state index in [1.54, 1.807) is 30.3 Å². The Morgan fingerprint density at radius 1 is 1.11 bits per heavy atom. The number of hydrogen-bond acceptors (Lipinski definition) is 3. The van der Waals surface area contributed by atoms with Gasteiger partial charge in [-0.3, -0.25) is 9.59 Å². The quantitative estimate of drug-likeness (QED) is 0.508. The van der Waals surface area contributed by atoms with Crippen LogP contribution in [0.1, 0.15) is 11.3 Å². The molecule has 0 radical (unpaired) electrons. The Labute approximate surface area is 153 Å². The zero-order valence-corrected chi connectivity index (χ0v) is 14.4. The first-order chi connectivity index (χ1) is 13.1. The lowest BCUT2D eigenvalue weighted by Gasteiger charge is -2.06. The molecule has 6 nitrogen and oxygen atoms in total. The number of aromatic nitrogens is 3. The van der Waals surface area contributed by atoms with Crippen LogP contribution >= 0.6 is 0 Å². The summed E-state index contributed by atoms with van der Waals surface area (Å²) in [5.41, 5.74) is 2.05. The molecule has 2 aromatic carbocycles. The third kappa shape index (κ3) is 3.44. The van der Waals surface area contributed by atoms with E-state index in [0.29, 0.717) is 29.4 Å². The van der Waals surface area contributed by atoms with Crippen molar-refractivity contribution in [3.63, 3.8) is 0 Å². The molecule has 0 fully saturated rings. The Kier molecular flexibility index (Phi) is 4.42. The fourth-order valence-electron chi connectivity index (χ4n) is 3.21. The van der Waals surface area contributed by atoms with Crippen molar-refractivity contribution in [1.82, 2.24) is 20.5 Å². The van der Waals surface area contributed by atoms with Crippen molar-refractivity contribution in [2.24, 2.45) is 0 Å². The summed E-state index contributed by atoms with van der Waals surface area (Å²) in [5, 5.41) is 11.3. The highest BCUT2D eigenvalue weighted by atomic mass is 19.1. The number of carbonyl (C=O) groups excluding carboxylic acids is 1. The minimum absolute atomic E-state index is 0.0693. The molecule has 0 spiro atoms. The maximum Gasteiger partial charge on any atom is 0.272 e. The minimum atomic E-state index is -0.289. The smallest absolute Gasteiger partial charge is 0.272 e. The highest BCUT2D eigenvalue weighted by Crippen LogP contribution is 2.19. The fraction of sp³-hybridized carbons (Fsp3) is 0.150. The molecular formula is C20H17FN4O2. The van der Waals surface area contributed by atoms with E-state index < -0.39 is 0 Å². The Balaban J connectivity index is 1.42. The van der Waals surface area contributed by atoms with Crippen molar-refractivity contribution in [3.8, 4) is 0 Å². The predicted molar refractivity (Wildman–Crippen MR) is 101 cm³/mol. The van der Waals surface area contributed by atoms with Gasteiger partial charge >= 0.3 is 0 Å². The van der Waals surface area contributed by atoms with E-state index in [-0.39, 0.29) is 23.7 Å². The molecule has 0 saturated heterocycles. The number of benzene rings is 2. The van der Waals surface area contributed by atoms with Crippen molar-refractivity contribution in [2.75, 3.05) is 6.54 Å². The number of H-pyrrole nitrogens is 2. The topological polar surface area (TPSA) is 90.6 Å². The molecule has 0 aliphatic heterocycles. The number of nitrogens with zero attached hydrogens (tertiary/aromatic N) is 1. The summed E-state index contributed by atoms with van der Waals surface area (Å²) in [6.07, 6.45) is 2.47. The molecular weight excluding hydrogens is 347 g/mol. The summed E-state index contributed by atoms with van der Waals surface area (Å²) in [6, 6.07) is 11.6. The lowest BCUT2D eigenvalue weighted by Crippen LogP contribution is -2.28. The molecule has 0 atom stereocenters. The van der Waals surface area contributed by atoms with Gasteiger partial charge in [-0.15, -0.1) is 0 Å². The summed E-state index contributed by atoms with van der Waals surface area (Å²) >= 11 is 0. The number of aromatic amines is 2. The van der Waals surface area contributed by atoms with E-state index in [1.165, 1.54) is 12.1 Å². The molecule has 2 heterocycles. The van der Waals surface area contributed by atoms with Crippen LogP contribution < -0.4 is 10.9 Å². The van der Waals surface area contributed by atoms with E-state index in [2.05, 4.69) is 20.5 Å². The molecule has 4 aromatic rings. The molecule has 3 N–H and O–H groups in total. The number of hydrogen-bond donors (Lipinski definition) is 3. The Morgan fingerprint density at radius 3 is 2.78 bits per heavy atom. The average Bonchev–Trinajstić information content (AvgIpc) is 3.06. The standard InChI is InChI=1S/C20H17FN4O2/c21-13-5-6-17-16(9-13)12(11-23-17)7-8-22-19(26)10-18-14-3-1-2-4-15(14)20(27)25-24-18/h1-6,9,11,23H,7-8,10H2,(H,22,26)(H,25,27). The van der Waals surface area contributed by atoms with Gasteiger partial charge in [0, 0.05) is 29.0 Å². The normalized spacial score (nSPS) is 11.1. The van der Waals surface area contributed by atoms with Crippen LogP contribution in [0.5, 0.6) is 0 Å². The maximum absolute atomic E-state index is 13.4. The van der Waals surface area contributed by atoms with Crippen LogP contribution in [0.15, 0.2) is 53.5 Å². The number of amides is 1. The van der Waals surface area contributed by atoms with Crippen LogP contribution in [0.3, 0.4) is 0 Å². The van der Waals surface area contributed by atoms with Crippen LogP contribution in [-0.4, -0.2) is 27.6 Å². The SMILES string of the molecule is O=C(Cc1n[nH]c(=O)c2ccccc12)NCCc1c[nH]c2ccc(F)cc12. The molecule has 27 heavy (non-hydrogen) atoms. The molecule has 0 bridgehead atoms. The summed E-state index contributed by atoms with van der Waals surface area (Å²) in [6.45, 7) is 0.420. The summed E-state index contributed by atoms with van der Waals surface area (Å²) < 4.78 is 13.4. The molecule has 1 amide bonds. The van der Waals surface area contributed by atoms with Crippen molar-refractivity contribution in [3.05, 3.63) is 76.1 Å². The van der Waals surface area contributed by atoms with Crippen LogP contribution in [0.2, 0.25) is 0 Å². The van der Waals surface area contributed by atoms with Crippen LogP contribution in [0, 0.1) is 5.82 Å². The van der Waals surface area contributed by atoms with Crippen LogP contribution in [-0.2, 0) is 17.6 Å². The van der Waals surface area contributed by atoms with Crippen LogP contribution in [0.25, 0.3) is 21.7 Å². The first-order valence-electron chi connectivity index (χ1n) is 8.60. The van der Waals surface area contributed by atoms with Crippen molar-refractivity contribution in [2.45, 2.75) is 12.8 Å². The zero-order valence-electron chi connectivity index (χ0n) is 14.4. The summed E-state index contributed by atoms with van der Waals surface area (Å²) in [7, 11) is 0. The highest BCUT2D eigenvalue weighted by molar-refractivity contribution is 5.88. The van der Waals surface area contributed by atoms with Gasteiger partial charge in [-0.25, -0.2) is 9.49 Å². The molecule has 0 aliphatic carbocycles. The van der Waals surface area contributed by atoms with Gasteiger partial charge in [0.05, 0.1) is 17.5 Å². The predicted octanol–water partition coefficient (Wildman–Crippen LogP) is 2.44. The fourth-order valence-corrected chi connectivity index (χ4v) is 3.21. The van der Waals surface area contributed by atoms with Gasteiger partial charge in [-0.05, 0) is 36.2 Å². The third-order valence-electron chi connectivity index (χ3n) is 4.55. The van der Waals surface area contributed by atoms with Crippen molar-refractivity contribution >= 4 is 27.6 Å². The Bertz CT molecular complexity index is 1200. The van der Waals surface area contributed by atoms with Gasteiger partial charge in [-0.2, -0.15) is 5.10 Å². The lowest BCUT2D eigenvalue weighted by molar-refractivity contribution is -0.120. The Hall–Kier alpha value is -3.48. The lowest BCUT2D eigenvalue weighted by atomic mass is 10.1. The molecule has 7 heteroatoms. The first kappa shape index (κ1) is 17.0. The van der Waals surface area contributed by atoms with Crippen LogP contribution in [0.4, 0.5) is 4.39 Å². The first-order valence-corrected chi connectivity index (χ1v) is 8.60. The van der Waals surface area contributed by atoms with Gasteiger partial charge < -0.3 is 10.3 Å². The van der Waals surface area contributed by atoms with E-state index in [9.17, 15) is 14.0 Å². The van der Waals surface area contributed by atoms with Gasteiger partial charge in [-0.1, -0.05) is 18.2 Å². The highest BCUT2D eigenvalue weighted by Gasteiger charge is 2.11. The van der Waals surface area contributed by atoms with Gasteiger partial charge in [0.2, 0.25) is 5.91 Å². The molecule has 136 valence electrons. The van der Waals surface area contributed by atoms with Crippen molar-refractivity contribution in [1.29, 1.82) is 0 Å². The number of rotatable bonds is 5. The average molecular weight is 364 g/mol. The van der Waals surface area contributed by atoms with Gasteiger partial charge in [0.15, 0.2) is 0 Å². The molecule has 0 saturated carbocycles.